The van der Waals surface area contributed by atoms with Crippen molar-refractivity contribution in [3.05, 3.63) is 145 Å². The Labute approximate surface area is 241 Å². The van der Waals surface area contributed by atoms with Gasteiger partial charge in [-0.1, -0.05) is 109 Å². The smallest absolute Gasteiger partial charge is 0.234 e. The van der Waals surface area contributed by atoms with Crippen molar-refractivity contribution in [3.63, 3.8) is 0 Å². The number of para-hydroxylation sites is 3. The third kappa shape index (κ3) is 3.37. The summed E-state index contributed by atoms with van der Waals surface area (Å²) < 4.78 is 8.69. The number of fused-ring (bicyclic) bond motifs is 8. The van der Waals surface area contributed by atoms with E-state index in [1.54, 1.807) is 0 Å². The molecule has 0 aliphatic carbocycles. The molecule has 8 aromatic rings. The number of aromatic nitrogens is 1. The summed E-state index contributed by atoms with van der Waals surface area (Å²) in [6, 6.07) is 46.1. The lowest BCUT2D eigenvalue weighted by Gasteiger charge is -2.25. The lowest BCUT2D eigenvalue weighted by molar-refractivity contribution is 0.667. The van der Waals surface area contributed by atoms with Crippen molar-refractivity contribution in [1.29, 1.82) is 0 Å². The Morgan fingerprint density at radius 3 is 2.00 bits per heavy atom. The predicted octanol–water partition coefficient (Wildman–Crippen LogP) is 8.80. The van der Waals surface area contributed by atoms with Gasteiger partial charge < -0.3 is 9.73 Å². The molecule has 1 N–H and O–H groups in total. The molecule has 2 aromatic heterocycles. The standard InChI is InChI=1S/C37H24N4O/c1-2-12-23(13-3-1)35-38-36(40-37(39-35)41-30-19-9-6-16-26(30)27-17-7-10-20-31(27)41)29-22-24-14-4-5-15-25(24)34-33(29)28-18-8-11-21-32(28)42-34/h1-22,35H,(H,38,39,40). The van der Waals surface area contributed by atoms with Crippen molar-refractivity contribution >= 4 is 66.3 Å². The number of furan rings is 1. The third-order valence-electron chi connectivity index (χ3n) is 8.25. The summed E-state index contributed by atoms with van der Waals surface area (Å²) in [7, 11) is 0. The normalized spacial score (nSPS) is 15.4. The second-order valence-electron chi connectivity index (χ2n) is 10.7. The van der Waals surface area contributed by atoms with Gasteiger partial charge in [-0.15, -0.1) is 0 Å². The molecular weight excluding hydrogens is 516 g/mol. The second-order valence-corrected chi connectivity index (χ2v) is 10.7. The van der Waals surface area contributed by atoms with E-state index in [2.05, 4.69) is 125 Å². The SMILES string of the molecule is c1ccc(C2N=C(n3c4ccccc4c4ccccc43)N=C(c3cc4ccccc4c4oc5ccccc5c34)N2)cc1. The lowest BCUT2D eigenvalue weighted by atomic mass is 9.99. The average molecular weight is 541 g/mol. The molecule has 3 heterocycles. The van der Waals surface area contributed by atoms with Gasteiger partial charge in [0.1, 0.15) is 23.2 Å². The van der Waals surface area contributed by atoms with Crippen LogP contribution in [0.3, 0.4) is 0 Å². The first kappa shape index (κ1) is 23.1. The van der Waals surface area contributed by atoms with Crippen LogP contribution in [0.5, 0.6) is 0 Å². The number of nitrogens with zero attached hydrogens (tertiary/aromatic N) is 3. The van der Waals surface area contributed by atoms with Gasteiger partial charge in [0, 0.05) is 32.5 Å². The van der Waals surface area contributed by atoms with Crippen molar-refractivity contribution in [2.24, 2.45) is 9.98 Å². The van der Waals surface area contributed by atoms with Crippen LogP contribution in [0.2, 0.25) is 0 Å². The number of hydrogen-bond acceptors (Lipinski definition) is 4. The van der Waals surface area contributed by atoms with Gasteiger partial charge in [-0.3, -0.25) is 4.57 Å². The van der Waals surface area contributed by atoms with E-state index in [1.807, 2.05) is 18.2 Å². The van der Waals surface area contributed by atoms with Crippen LogP contribution in [-0.4, -0.2) is 16.4 Å². The van der Waals surface area contributed by atoms with Crippen LogP contribution in [0.4, 0.5) is 0 Å². The zero-order chi connectivity index (χ0) is 27.6. The molecule has 1 aliphatic heterocycles. The lowest BCUT2D eigenvalue weighted by Crippen LogP contribution is -2.35. The zero-order valence-corrected chi connectivity index (χ0v) is 22.5. The minimum absolute atomic E-state index is 0.326. The number of aliphatic imine (C=N–C) groups is 2. The minimum atomic E-state index is -0.326. The molecule has 1 unspecified atom stereocenters. The largest absolute Gasteiger partial charge is 0.455 e. The fourth-order valence-corrected chi connectivity index (χ4v) is 6.36. The molecule has 0 saturated heterocycles. The number of benzene rings is 6. The first-order valence-electron chi connectivity index (χ1n) is 14.1. The summed E-state index contributed by atoms with van der Waals surface area (Å²) in [4.78, 5) is 10.5. The van der Waals surface area contributed by atoms with E-state index < -0.39 is 0 Å². The second kappa shape index (κ2) is 8.91. The van der Waals surface area contributed by atoms with Crippen molar-refractivity contribution < 1.29 is 4.42 Å². The van der Waals surface area contributed by atoms with Crippen LogP contribution < -0.4 is 5.32 Å². The number of hydrogen-bond donors (Lipinski definition) is 1. The molecule has 0 bridgehead atoms. The van der Waals surface area contributed by atoms with Gasteiger partial charge in [-0.05, 0) is 35.2 Å². The van der Waals surface area contributed by atoms with Gasteiger partial charge in [0.2, 0.25) is 5.96 Å². The summed E-state index contributed by atoms with van der Waals surface area (Å²) >= 11 is 0. The molecule has 42 heavy (non-hydrogen) atoms. The molecular formula is C37H24N4O. The van der Waals surface area contributed by atoms with E-state index in [0.717, 1.165) is 60.7 Å². The van der Waals surface area contributed by atoms with E-state index in [9.17, 15) is 0 Å². The molecule has 0 amide bonds. The van der Waals surface area contributed by atoms with E-state index in [-0.39, 0.29) is 6.17 Å². The van der Waals surface area contributed by atoms with E-state index in [0.29, 0.717) is 5.96 Å². The first-order chi connectivity index (χ1) is 20.8. The monoisotopic (exact) mass is 540 g/mol. The Morgan fingerprint density at radius 1 is 0.619 bits per heavy atom. The van der Waals surface area contributed by atoms with Crippen LogP contribution in [0.1, 0.15) is 17.3 Å². The topological polar surface area (TPSA) is 54.8 Å². The third-order valence-corrected chi connectivity index (χ3v) is 8.25. The summed E-state index contributed by atoms with van der Waals surface area (Å²) in [5.41, 5.74) is 5.93. The highest BCUT2D eigenvalue weighted by atomic mass is 16.3. The minimum Gasteiger partial charge on any atom is -0.455 e. The van der Waals surface area contributed by atoms with Gasteiger partial charge >= 0.3 is 0 Å². The van der Waals surface area contributed by atoms with Gasteiger partial charge in [0.05, 0.1) is 11.0 Å². The Kier molecular flexibility index (Phi) is 4.90. The van der Waals surface area contributed by atoms with E-state index >= 15 is 0 Å². The fourth-order valence-electron chi connectivity index (χ4n) is 6.36. The Morgan fingerprint density at radius 2 is 1.24 bits per heavy atom. The van der Waals surface area contributed by atoms with E-state index in [1.165, 1.54) is 10.8 Å². The maximum absolute atomic E-state index is 6.50. The maximum Gasteiger partial charge on any atom is 0.234 e. The molecule has 0 saturated carbocycles. The quantitative estimate of drug-likeness (QED) is 0.238. The summed E-state index contributed by atoms with van der Waals surface area (Å²) in [6.45, 7) is 0. The Hall–Kier alpha value is -5.68. The number of nitrogens with one attached hydrogen (secondary N) is 1. The number of amidine groups is 1. The molecule has 198 valence electrons. The molecule has 0 spiro atoms. The van der Waals surface area contributed by atoms with Gasteiger partial charge in [-0.25, -0.2) is 4.99 Å². The highest BCUT2D eigenvalue weighted by molar-refractivity contribution is 6.26. The summed E-state index contributed by atoms with van der Waals surface area (Å²) in [5, 5.41) is 10.3. The first-order valence-corrected chi connectivity index (χ1v) is 14.1. The van der Waals surface area contributed by atoms with Gasteiger partial charge in [-0.2, -0.15) is 4.99 Å². The van der Waals surface area contributed by atoms with Gasteiger partial charge in [0.25, 0.3) is 0 Å². The molecule has 9 rings (SSSR count). The number of rotatable bonds is 2. The zero-order valence-electron chi connectivity index (χ0n) is 22.5. The Bertz CT molecular complexity index is 2340. The molecule has 6 aromatic carbocycles. The maximum atomic E-state index is 6.50. The van der Waals surface area contributed by atoms with Crippen LogP contribution in [0, 0.1) is 0 Å². The van der Waals surface area contributed by atoms with Crippen molar-refractivity contribution in [2.45, 2.75) is 6.17 Å². The fraction of sp³-hybridized carbons (Fsp3) is 0.0270. The molecule has 5 nitrogen and oxygen atoms in total. The van der Waals surface area contributed by atoms with Crippen molar-refractivity contribution in [3.8, 4) is 0 Å². The van der Waals surface area contributed by atoms with Crippen LogP contribution in [0.15, 0.2) is 148 Å². The molecule has 1 aliphatic rings. The molecule has 0 radical (unpaired) electrons. The van der Waals surface area contributed by atoms with Crippen LogP contribution in [0.25, 0.3) is 54.5 Å². The summed E-state index contributed by atoms with van der Waals surface area (Å²) in [5.74, 6) is 1.40. The summed E-state index contributed by atoms with van der Waals surface area (Å²) in [6.07, 6.45) is -0.326. The highest BCUT2D eigenvalue weighted by Crippen LogP contribution is 2.38. The van der Waals surface area contributed by atoms with Gasteiger partial charge in [0.15, 0.2) is 0 Å². The average Bonchev–Trinajstić information content (AvgIpc) is 3.61. The molecule has 1 atom stereocenters. The highest BCUT2D eigenvalue weighted by Gasteiger charge is 2.26. The molecule has 0 fully saturated rings. The van der Waals surface area contributed by atoms with E-state index in [4.69, 9.17) is 14.4 Å². The van der Waals surface area contributed by atoms with Crippen LogP contribution >= 0.6 is 0 Å². The van der Waals surface area contributed by atoms with Crippen molar-refractivity contribution in [2.75, 3.05) is 0 Å². The predicted molar refractivity (Wildman–Crippen MR) is 172 cm³/mol. The van der Waals surface area contributed by atoms with Crippen molar-refractivity contribution in [1.82, 2.24) is 9.88 Å². The molecule has 5 heteroatoms. The Balaban J connectivity index is 1.37. The van der Waals surface area contributed by atoms with Crippen LogP contribution in [-0.2, 0) is 0 Å².